The summed E-state index contributed by atoms with van der Waals surface area (Å²) < 4.78 is 5.26. The molecule has 1 aliphatic heterocycles. The van der Waals surface area contributed by atoms with Crippen molar-refractivity contribution in [2.45, 2.75) is 13.8 Å². The van der Waals surface area contributed by atoms with Crippen LogP contribution in [0.2, 0.25) is 0 Å². The Balaban J connectivity index is 2.37. The van der Waals surface area contributed by atoms with Gasteiger partial charge in [-0.1, -0.05) is 30.3 Å². The highest BCUT2D eigenvalue weighted by Crippen LogP contribution is 2.32. The Hall–Kier alpha value is -2.68. The van der Waals surface area contributed by atoms with E-state index in [0.717, 1.165) is 27.6 Å². The Labute approximate surface area is 120 Å². The summed E-state index contributed by atoms with van der Waals surface area (Å²) in [4.78, 5) is 17.0. The lowest BCUT2D eigenvalue weighted by atomic mass is 9.97. The number of benzene rings is 2. The summed E-state index contributed by atoms with van der Waals surface area (Å²) in [6.07, 6.45) is 0. The quantitative estimate of drug-likeness (QED) is 0.633. The molecule has 0 saturated heterocycles. The van der Waals surface area contributed by atoms with E-state index in [2.05, 4.69) is 12.1 Å². The van der Waals surface area contributed by atoms with Gasteiger partial charge in [0.1, 0.15) is 5.76 Å². The van der Waals surface area contributed by atoms with Crippen molar-refractivity contribution in [1.82, 2.24) is 0 Å². The molecule has 1 aromatic heterocycles. The molecule has 0 bridgehead atoms. The van der Waals surface area contributed by atoms with Crippen molar-refractivity contribution in [3.8, 4) is 0 Å². The highest BCUT2D eigenvalue weighted by Gasteiger charge is 2.14. The summed E-state index contributed by atoms with van der Waals surface area (Å²) >= 11 is 0. The molecule has 0 atom stereocenters. The minimum absolute atomic E-state index is 0.323. The summed E-state index contributed by atoms with van der Waals surface area (Å²) in [7, 11) is 0. The van der Waals surface area contributed by atoms with E-state index in [9.17, 15) is 4.79 Å². The van der Waals surface area contributed by atoms with E-state index in [0.29, 0.717) is 16.3 Å². The third-order valence-electron chi connectivity index (χ3n) is 3.96. The summed E-state index contributed by atoms with van der Waals surface area (Å²) in [5.41, 5.74) is 2.53. The van der Waals surface area contributed by atoms with Gasteiger partial charge in [0.15, 0.2) is 0 Å². The minimum Gasteiger partial charge on any atom is -0.428 e. The monoisotopic (exact) mass is 275 g/mol. The van der Waals surface area contributed by atoms with Gasteiger partial charge in [-0.25, -0.2) is 9.79 Å². The topological polar surface area (TPSA) is 42.6 Å². The van der Waals surface area contributed by atoms with Crippen molar-refractivity contribution in [3.63, 3.8) is 0 Å². The van der Waals surface area contributed by atoms with Gasteiger partial charge >= 0.3 is 5.63 Å². The lowest BCUT2D eigenvalue weighted by Gasteiger charge is -2.07. The molecule has 0 spiro atoms. The molecule has 0 saturated carbocycles. The van der Waals surface area contributed by atoms with Gasteiger partial charge in [-0.05, 0) is 36.4 Å². The average Bonchev–Trinajstić information content (AvgIpc) is 2.57. The van der Waals surface area contributed by atoms with Crippen molar-refractivity contribution in [1.29, 1.82) is 0 Å². The number of hydrogen-bond donors (Lipinski definition) is 0. The first-order valence-electron chi connectivity index (χ1n) is 6.87. The van der Waals surface area contributed by atoms with Gasteiger partial charge in [-0.3, -0.25) is 0 Å². The first kappa shape index (κ1) is 12.1. The molecule has 0 radical (unpaired) electrons. The van der Waals surface area contributed by atoms with E-state index in [1.807, 2.05) is 37.3 Å². The summed E-state index contributed by atoms with van der Waals surface area (Å²) in [6.45, 7) is 3.72. The second-order valence-electron chi connectivity index (χ2n) is 5.32. The third kappa shape index (κ3) is 1.67. The first-order chi connectivity index (χ1) is 10.1. The Morgan fingerprint density at radius 2 is 1.81 bits per heavy atom. The van der Waals surface area contributed by atoms with Gasteiger partial charge in [-0.2, -0.15) is 0 Å². The molecule has 0 fully saturated rings. The number of rotatable bonds is 0. The second-order valence-corrected chi connectivity index (χ2v) is 5.32. The molecule has 21 heavy (non-hydrogen) atoms. The standard InChI is InChI=1S/C18H13NO2/c1-10-9-15-16(18(20)21-10)11(2)13-7-3-5-12-6-4-8-14(19-15)17(12)13/h3-9H,1-2H3. The first-order valence-corrected chi connectivity index (χ1v) is 6.87. The van der Waals surface area contributed by atoms with Crippen molar-refractivity contribution in [2.24, 2.45) is 4.99 Å². The predicted molar refractivity (Wildman–Crippen MR) is 82.3 cm³/mol. The maximum atomic E-state index is 12.3. The SMILES string of the molecule is CC1=c2c(cc(C)oc2=O)=Nc2cccc3cccc1c23. The van der Waals surface area contributed by atoms with Crippen LogP contribution in [0.5, 0.6) is 0 Å². The molecule has 1 aliphatic rings. The molecule has 3 nitrogen and oxygen atoms in total. The molecule has 102 valence electrons. The molecule has 0 amide bonds. The Kier molecular flexibility index (Phi) is 2.39. The zero-order valence-corrected chi connectivity index (χ0v) is 11.8. The number of aryl methyl sites for hydroxylation is 1. The molecular formula is C18H13NO2. The minimum atomic E-state index is -0.323. The van der Waals surface area contributed by atoms with Crippen LogP contribution < -0.4 is 16.2 Å². The summed E-state index contributed by atoms with van der Waals surface area (Å²) in [6, 6.07) is 14.0. The summed E-state index contributed by atoms with van der Waals surface area (Å²) in [5, 5.41) is 3.46. The van der Waals surface area contributed by atoms with Gasteiger partial charge in [0.05, 0.1) is 16.3 Å². The highest BCUT2D eigenvalue weighted by atomic mass is 16.4. The lowest BCUT2D eigenvalue weighted by Crippen LogP contribution is -2.40. The van der Waals surface area contributed by atoms with Crippen molar-refractivity contribution >= 4 is 22.0 Å². The van der Waals surface area contributed by atoms with Crippen molar-refractivity contribution in [3.05, 3.63) is 74.8 Å². The van der Waals surface area contributed by atoms with Gasteiger partial charge in [0, 0.05) is 11.5 Å². The molecule has 0 unspecified atom stereocenters. The van der Waals surface area contributed by atoms with Gasteiger partial charge < -0.3 is 4.42 Å². The smallest absolute Gasteiger partial charge is 0.345 e. The number of fused-ring (bicyclic) bond motifs is 1. The van der Waals surface area contributed by atoms with E-state index in [4.69, 9.17) is 9.41 Å². The van der Waals surface area contributed by atoms with Crippen LogP contribution in [0.15, 0.2) is 56.7 Å². The molecule has 3 aromatic rings. The maximum absolute atomic E-state index is 12.3. The van der Waals surface area contributed by atoms with Crippen LogP contribution in [-0.2, 0) is 0 Å². The van der Waals surface area contributed by atoms with Gasteiger partial charge in [0.2, 0.25) is 0 Å². The van der Waals surface area contributed by atoms with Gasteiger partial charge in [-0.15, -0.1) is 0 Å². The largest absolute Gasteiger partial charge is 0.428 e. The molecule has 4 rings (SSSR count). The molecule has 2 heterocycles. The lowest BCUT2D eigenvalue weighted by molar-refractivity contribution is 0.472. The van der Waals surface area contributed by atoms with Crippen LogP contribution in [-0.4, -0.2) is 0 Å². The van der Waals surface area contributed by atoms with Crippen LogP contribution >= 0.6 is 0 Å². The number of nitrogens with zero attached hydrogens (tertiary/aromatic N) is 1. The van der Waals surface area contributed by atoms with Crippen molar-refractivity contribution in [2.75, 3.05) is 0 Å². The Bertz CT molecular complexity index is 1070. The van der Waals surface area contributed by atoms with E-state index in [-0.39, 0.29) is 5.63 Å². The zero-order valence-electron chi connectivity index (χ0n) is 11.8. The zero-order chi connectivity index (χ0) is 14.6. The van der Waals surface area contributed by atoms with Crippen LogP contribution in [0.25, 0.3) is 16.3 Å². The van der Waals surface area contributed by atoms with E-state index < -0.39 is 0 Å². The average molecular weight is 275 g/mol. The highest BCUT2D eigenvalue weighted by molar-refractivity contribution is 6.01. The molecular weight excluding hydrogens is 262 g/mol. The van der Waals surface area contributed by atoms with E-state index in [1.165, 1.54) is 0 Å². The maximum Gasteiger partial charge on any atom is 0.345 e. The number of hydrogen-bond acceptors (Lipinski definition) is 3. The van der Waals surface area contributed by atoms with E-state index in [1.54, 1.807) is 6.92 Å². The fourth-order valence-corrected chi connectivity index (χ4v) is 3.02. The molecule has 3 heteroatoms. The van der Waals surface area contributed by atoms with Crippen LogP contribution in [0.3, 0.4) is 0 Å². The third-order valence-corrected chi connectivity index (χ3v) is 3.96. The molecule has 2 aromatic carbocycles. The van der Waals surface area contributed by atoms with Crippen LogP contribution in [0, 0.1) is 6.92 Å². The molecule has 0 N–H and O–H groups in total. The predicted octanol–water partition coefficient (Wildman–Crippen LogP) is 2.59. The fraction of sp³-hybridized carbons (Fsp3) is 0.111. The second kappa shape index (κ2) is 4.16. The molecule has 0 aliphatic carbocycles. The fourth-order valence-electron chi connectivity index (χ4n) is 3.02. The summed E-state index contributed by atoms with van der Waals surface area (Å²) in [5.74, 6) is 0.577. The van der Waals surface area contributed by atoms with Crippen molar-refractivity contribution < 1.29 is 4.42 Å². The van der Waals surface area contributed by atoms with Crippen LogP contribution in [0.4, 0.5) is 5.69 Å². The van der Waals surface area contributed by atoms with Crippen LogP contribution in [0.1, 0.15) is 18.2 Å². The Morgan fingerprint density at radius 1 is 1.05 bits per heavy atom. The normalized spacial score (nSPS) is 12.8. The van der Waals surface area contributed by atoms with Gasteiger partial charge in [0.25, 0.3) is 0 Å². The van der Waals surface area contributed by atoms with E-state index >= 15 is 0 Å². The Morgan fingerprint density at radius 3 is 2.62 bits per heavy atom.